The molecule has 0 spiro atoms. The summed E-state index contributed by atoms with van der Waals surface area (Å²) in [5.41, 5.74) is 8.03. The van der Waals surface area contributed by atoms with Crippen LogP contribution in [0.25, 0.3) is 0 Å². The Bertz CT molecular complexity index is 876. The molecule has 0 aliphatic carbocycles. The number of hydrogen-bond acceptors (Lipinski definition) is 4. The number of nitrogens with two attached hydrogens (primary N) is 1. The molecule has 166 valence electrons. The van der Waals surface area contributed by atoms with Gasteiger partial charge >= 0.3 is 0 Å². The number of nitrogens with one attached hydrogen (secondary N) is 2. The number of methoxy groups -OCH3 is 1. The minimum atomic E-state index is -0.422. The summed E-state index contributed by atoms with van der Waals surface area (Å²) >= 11 is 0. The first kappa shape index (κ1) is 22.6. The zero-order valence-corrected chi connectivity index (χ0v) is 18.4. The van der Waals surface area contributed by atoms with Crippen LogP contribution < -0.4 is 21.1 Å². The highest BCUT2D eigenvalue weighted by Gasteiger charge is 2.26. The van der Waals surface area contributed by atoms with Crippen molar-refractivity contribution in [2.24, 2.45) is 10.7 Å². The molecule has 0 radical (unpaired) electrons. The van der Waals surface area contributed by atoms with E-state index >= 15 is 0 Å². The molecule has 31 heavy (non-hydrogen) atoms. The molecule has 1 fully saturated rings. The number of benzene rings is 2. The highest BCUT2D eigenvalue weighted by molar-refractivity contribution is 5.92. The standard InChI is InChI=1S/C24H33N5O2/c1-3-26-24(27-16-18-10-12-19(13-11-18)23(25)30)28-17-21(29-14-6-7-15-29)20-8-4-5-9-22(20)31-2/h4-5,8-13,21H,3,6-7,14-17H2,1-2H3,(H2,25,30)(H2,26,27,28). The second-order valence-electron chi connectivity index (χ2n) is 7.64. The van der Waals surface area contributed by atoms with Gasteiger partial charge in [0.2, 0.25) is 5.91 Å². The molecular weight excluding hydrogens is 390 g/mol. The largest absolute Gasteiger partial charge is 0.496 e. The van der Waals surface area contributed by atoms with Crippen LogP contribution >= 0.6 is 0 Å². The fraction of sp³-hybridized carbons (Fsp3) is 0.417. The number of carbonyl (C=O) groups is 1. The molecule has 1 aliphatic heterocycles. The van der Waals surface area contributed by atoms with Crippen molar-refractivity contribution in [3.63, 3.8) is 0 Å². The number of rotatable bonds is 9. The minimum absolute atomic E-state index is 0.206. The predicted molar refractivity (Wildman–Crippen MR) is 124 cm³/mol. The Morgan fingerprint density at radius 2 is 1.84 bits per heavy atom. The molecule has 2 aromatic rings. The van der Waals surface area contributed by atoms with Gasteiger partial charge in [0.05, 0.1) is 19.7 Å². The summed E-state index contributed by atoms with van der Waals surface area (Å²) in [6.07, 6.45) is 2.45. The topological polar surface area (TPSA) is 92.0 Å². The third-order valence-electron chi connectivity index (χ3n) is 5.54. The predicted octanol–water partition coefficient (Wildman–Crippen LogP) is 2.69. The van der Waals surface area contributed by atoms with Gasteiger partial charge in [0.1, 0.15) is 5.75 Å². The SMILES string of the molecule is CCNC(=NCc1ccc(C(N)=O)cc1)NCC(c1ccccc1OC)N1CCCC1. The van der Waals surface area contributed by atoms with Crippen molar-refractivity contribution in [1.82, 2.24) is 15.5 Å². The van der Waals surface area contributed by atoms with Gasteiger partial charge in [0.25, 0.3) is 0 Å². The van der Waals surface area contributed by atoms with Gasteiger partial charge in [0, 0.05) is 24.2 Å². The van der Waals surface area contributed by atoms with E-state index in [0.29, 0.717) is 12.1 Å². The molecule has 1 amide bonds. The summed E-state index contributed by atoms with van der Waals surface area (Å²) in [5.74, 6) is 1.26. The van der Waals surface area contributed by atoms with Crippen LogP contribution in [0.5, 0.6) is 5.75 Å². The summed E-state index contributed by atoms with van der Waals surface area (Å²) in [6.45, 7) is 6.24. The molecule has 1 aliphatic rings. The van der Waals surface area contributed by atoms with Crippen molar-refractivity contribution in [2.75, 3.05) is 33.3 Å². The highest BCUT2D eigenvalue weighted by Crippen LogP contribution is 2.31. The number of guanidine groups is 1. The first-order valence-electron chi connectivity index (χ1n) is 10.9. The van der Waals surface area contributed by atoms with E-state index in [0.717, 1.165) is 43.5 Å². The Labute approximate surface area is 184 Å². The molecule has 4 N–H and O–H groups in total. The molecular formula is C24H33N5O2. The maximum Gasteiger partial charge on any atom is 0.248 e. The van der Waals surface area contributed by atoms with Crippen LogP contribution in [0.4, 0.5) is 0 Å². The van der Waals surface area contributed by atoms with E-state index in [4.69, 9.17) is 15.5 Å². The Morgan fingerprint density at radius 3 is 2.48 bits per heavy atom. The van der Waals surface area contributed by atoms with Crippen molar-refractivity contribution >= 4 is 11.9 Å². The third kappa shape index (κ3) is 6.21. The molecule has 7 heteroatoms. The lowest BCUT2D eigenvalue weighted by molar-refractivity contribution is 0.100. The maximum atomic E-state index is 11.2. The first-order valence-corrected chi connectivity index (χ1v) is 10.9. The quantitative estimate of drug-likeness (QED) is 0.426. The molecule has 1 atom stereocenters. The third-order valence-corrected chi connectivity index (χ3v) is 5.54. The van der Waals surface area contributed by atoms with E-state index in [1.807, 2.05) is 24.3 Å². The Morgan fingerprint density at radius 1 is 1.13 bits per heavy atom. The smallest absolute Gasteiger partial charge is 0.248 e. The summed E-state index contributed by atoms with van der Waals surface area (Å²) in [5, 5.41) is 6.84. The van der Waals surface area contributed by atoms with Gasteiger partial charge in [0.15, 0.2) is 5.96 Å². The van der Waals surface area contributed by atoms with Crippen molar-refractivity contribution in [3.05, 3.63) is 65.2 Å². The van der Waals surface area contributed by atoms with Crippen molar-refractivity contribution in [3.8, 4) is 5.75 Å². The summed E-state index contributed by atoms with van der Waals surface area (Å²) in [7, 11) is 1.72. The van der Waals surface area contributed by atoms with Crippen LogP contribution in [0.2, 0.25) is 0 Å². The Hall–Kier alpha value is -3.06. The Kier molecular flexibility index (Phi) is 8.29. The van der Waals surface area contributed by atoms with Crippen LogP contribution in [0.1, 0.15) is 47.3 Å². The first-order chi connectivity index (χ1) is 15.1. The van der Waals surface area contributed by atoms with E-state index < -0.39 is 5.91 Å². The van der Waals surface area contributed by atoms with Crippen LogP contribution in [0.15, 0.2) is 53.5 Å². The van der Waals surface area contributed by atoms with Gasteiger partial charge in [-0.15, -0.1) is 0 Å². The zero-order valence-electron chi connectivity index (χ0n) is 18.4. The van der Waals surface area contributed by atoms with E-state index in [2.05, 4.69) is 34.6 Å². The molecule has 0 aromatic heterocycles. The zero-order chi connectivity index (χ0) is 22.1. The lowest BCUT2D eigenvalue weighted by Crippen LogP contribution is -2.42. The normalized spacial score (nSPS) is 15.5. The van der Waals surface area contributed by atoms with Crippen LogP contribution in [-0.4, -0.2) is 50.1 Å². The molecule has 2 aromatic carbocycles. The molecule has 1 heterocycles. The molecule has 7 nitrogen and oxygen atoms in total. The number of ether oxygens (including phenoxy) is 1. The van der Waals surface area contributed by atoms with Crippen molar-refractivity contribution < 1.29 is 9.53 Å². The molecule has 0 bridgehead atoms. The Balaban J connectivity index is 1.72. The van der Waals surface area contributed by atoms with Gasteiger partial charge in [-0.1, -0.05) is 30.3 Å². The van der Waals surface area contributed by atoms with E-state index in [1.54, 1.807) is 19.2 Å². The number of primary amides is 1. The minimum Gasteiger partial charge on any atom is -0.496 e. The fourth-order valence-corrected chi connectivity index (χ4v) is 3.91. The summed E-state index contributed by atoms with van der Waals surface area (Å²) in [6, 6.07) is 15.7. The van der Waals surface area contributed by atoms with Gasteiger partial charge in [-0.3, -0.25) is 9.69 Å². The number of nitrogens with zero attached hydrogens (tertiary/aromatic N) is 2. The number of hydrogen-bond donors (Lipinski definition) is 3. The average Bonchev–Trinajstić information content (AvgIpc) is 3.32. The van der Waals surface area contributed by atoms with Gasteiger partial charge in [-0.05, 0) is 56.6 Å². The van der Waals surface area contributed by atoms with Gasteiger partial charge in [-0.25, -0.2) is 4.99 Å². The lowest BCUT2D eigenvalue weighted by atomic mass is 10.0. The monoisotopic (exact) mass is 423 g/mol. The second kappa shape index (κ2) is 11.4. The van der Waals surface area contributed by atoms with E-state index in [9.17, 15) is 4.79 Å². The number of aliphatic imine (C=N–C) groups is 1. The lowest BCUT2D eigenvalue weighted by Gasteiger charge is -2.30. The number of likely N-dealkylation sites (tertiary alicyclic amines) is 1. The molecule has 1 unspecified atom stereocenters. The number of carbonyl (C=O) groups excluding carboxylic acids is 1. The fourth-order valence-electron chi connectivity index (χ4n) is 3.91. The second-order valence-corrected chi connectivity index (χ2v) is 7.64. The molecule has 0 saturated carbocycles. The summed E-state index contributed by atoms with van der Waals surface area (Å²) in [4.78, 5) is 18.5. The maximum absolute atomic E-state index is 11.2. The van der Waals surface area contributed by atoms with Crippen molar-refractivity contribution in [2.45, 2.75) is 32.4 Å². The number of para-hydroxylation sites is 1. The van der Waals surface area contributed by atoms with Crippen LogP contribution in [0, 0.1) is 0 Å². The van der Waals surface area contributed by atoms with E-state index in [1.165, 1.54) is 18.4 Å². The van der Waals surface area contributed by atoms with E-state index in [-0.39, 0.29) is 6.04 Å². The number of amides is 1. The van der Waals surface area contributed by atoms with Crippen LogP contribution in [-0.2, 0) is 6.54 Å². The summed E-state index contributed by atoms with van der Waals surface area (Å²) < 4.78 is 5.64. The molecule has 3 rings (SSSR count). The van der Waals surface area contributed by atoms with Crippen LogP contribution in [0.3, 0.4) is 0 Å². The highest BCUT2D eigenvalue weighted by atomic mass is 16.5. The van der Waals surface area contributed by atoms with Gasteiger partial charge in [-0.2, -0.15) is 0 Å². The molecule has 1 saturated heterocycles. The average molecular weight is 424 g/mol. The van der Waals surface area contributed by atoms with Gasteiger partial charge < -0.3 is 21.1 Å². The van der Waals surface area contributed by atoms with Crippen molar-refractivity contribution in [1.29, 1.82) is 0 Å².